The molecule has 1 fully saturated rings. The maximum absolute atomic E-state index is 12.8. The van der Waals surface area contributed by atoms with E-state index in [0.29, 0.717) is 48.1 Å². The second-order valence-corrected chi connectivity index (χ2v) is 8.77. The van der Waals surface area contributed by atoms with E-state index in [1.54, 1.807) is 4.90 Å². The number of nitrogens with zero attached hydrogens (tertiary/aromatic N) is 6. The van der Waals surface area contributed by atoms with E-state index >= 15 is 0 Å². The van der Waals surface area contributed by atoms with Gasteiger partial charge in [-0.15, -0.1) is 0 Å². The fourth-order valence-electron chi connectivity index (χ4n) is 4.74. The average molecular weight is 482 g/mol. The van der Waals surface area contributed by atoms with Gasteiger partial charge in [0.15, 0.2) is 5.78 Å². The molecule has 2 N–H and O–H groups in total. The van der Waals surface area contributed by atoms with Crippen LogP contribution in [-0.2, 0) is 11.3 Å². The number of benzene rings is 1. The van der Waals surface area contributed by atoms with Gasteiger partial charge in [-0.2, -0.15) is 5.10 Å². The van der Waals surface area contributed by atoms with Gasteiger partial charge < -0.3 is 15.2 Å². The summed E-state index contributed by atoms with van der Waals surface area (Å²) in [4.78, 5) is 35.5. The summed E-state index contributed by atoms with van der Waals surface area (Å²) in [6.07, 6.45) is 5.66. The molecule has 0 unspecified atom stereocenters. The number of fused-ring (bicyclic) bond motifs is 2. The molecule has 1 amide bonds. The van der Waals surface area contributed by atoms with Crippen molar-refractivity contribution in [1.82, 2.24) is 29.2 Å². The predicted molar refractivity (Wildman–Crippen MR) is 138 cm³/mol. The van der Waals surface area contributed by atoms with E-state index in [9.17, 15) is 9.59 Å². The third kappa shape index (κ3) is 3.90. The van der Waals surface area contributed by atoms with E-state index < -0.39 is 0 Å². The SMILES string of the molecule is C=CC(=O)N1CC[C@H](n2nc(C#Cc3ccc4c(c3)ncn4CC)c3c(N)ncc(C(=O)CC)c32)C1. The van der Waals surface area contributed by atoms with E-state index in [1.165, 1.54) is 12.3 Å². The van der Waals surface area contributed by atoms with Gasteiger partial charge >= 0.3 is 0 Å². The van der Waals surface area contributed by atoms with Gasteiger partial charge in [-0.3, -0.25) is 14.3 Å². The van der Waals surface area contributed by atoms with Crippen LogP contribution in [0.1, 0.15) is 54.3 Å². The lowest BCUT2D eigenvalue weighted by molar-refractivity contribution is -0.125. The van der Waals surface area contributed by atoms with Gasteiger partial charge in [0.05, 0.1) is 39.9 Å². The number of hydrogen-bond donors (Lipinski definition) is 1. The summed E-state index contributed by atoms with van der Waals surface area (Å²) in [7, 11) is 0. The number of hydrogen-bond acceptors (Lipinski definition) is 6. The number of carbonyl (C=O) groups is 2. The number of aromatic nitrogens is 5. The largest absolute Gasteiger partial charge is 0.383 e. The van der Waals surface area contributed by atoms with Crippen molar-refractivity contribution in [2.45, 2.75) is 39.3 Å². The summed E-state index contributed by atoms with van der Waals surface area (Å²) in [5, 5.41) is 5.37. The van der Waals surface area contributed by atoms with E-state index in [4.69, 9.17) is 10.8 Å². The molecule has 5 rings (SSSR count). The Morgan fingerprint density at radius 1 is 1.25 bits per heavy atom. The van der Waals surface area contributed by atoms with Gasteiger partial charge in [-0.05, 0) is 43.5 Å². The topological polar surface area (TPSA) is 112 Å². The molecule has 3 aromatic heterocycles. The molecular formula is C27H27N7O2. The minimum absolute atomic E-state index is 0.0536. The molecule has 1 atom stereocenters. The molecule has 4 aromatic rings. The van der Waals surface area contributed by atoms with Crippen LogP contribution in [0.5, 0.6) is 0 Å². The van der Waals surface area contributed by atoms with Gasteiger partial charge in [0.25, 0.3) is 0 Å². The third-order valence-corrected chi connectivity index (χ3v) is 6.66. The van der Waals surface area contributed by atoms with E-state index in [0.717, 1.165) is 23.1 Å². The zero-order valence-electron chi connectivity index (χ0n) is 20.4. The number of imidazole rings is 1. The number of aryl methyl sites for hydroxylation is 1. The molecule has 182 valence electrons. The van der Waals surface area contributed by atoms with Crippen molar-refractivity contribution >= 4 is 39.4 Å². The number of ketones is 1. The monoisotopic (exact) mass is 481 g/mol. The lowest BCUT2D eigenvalue weighted by Gasteiger charge is -2.16. The summed E-state index contributed by atoms with van der Waals surface area (Å²) in [5.74, 6) is 6.43. The summed E-state index contributed by atoms with van der Waals surface area (Å²) in [5.41, 5.74) is 10.5. The first-order valence-corrected chi connectivity index (χ1v) is 12.0. The lowest BCUT2D eigenvalue weighted by Crippen LogP contribution is -2.27. The van der Waals surface area contributed by atoms with Crippen molar-refractivity contribution in [2.75, 3.05) is 18.8 Å². The molecule has 1 saturated heterocycles. The summed E-state index contributed by atoms with van der Waals surface area (Å²) in [6.45, 7) is 9.36. The third-order valence-electron chi connectivity index (χ3n) is 6.66. The summed E-state index contributed by atoms with van der Waals surface area (Å²) < 4.78 is 3.88. The van der Waals surface area contributed by atoms with Crippen LogP contribution in [0.2, 0.25) is 0 Å². The van der Waals surface area contributed by atoms with Crippen LogP contribution in [0.15, 0.2) is 43.4 Å². The summed E-state index contributed by atoms with van der Waals surface area (Å²) >= 11 is 0. The predicted octanol–water partition coefficient (Wildman–Crippen LogP) is 3.34. The highest BCUT2D eigenvalue weighted by molar-refractivity contribution is 6.10. The zero-order chi connectivity index (χ0) is 25.4. The van der Waals surface area contributed by atoms with E-state index in [1.807, 2.05) is 36.1 Å². The van der Waals surface area contributed by atoms with Crippen molar-refractivity contribution in [1.29, 1.82) is 0 Å². The van der Waals surface area contributed by atoms with Crippen molar-refractivity contribution < 1.29 is 9.59 Å². The Morgan fingerprint density at radius 2 is 2.08 bits per heavy atom. The number of likely N-dealkylation sites (tertiary alicyclic amines) is 1. The Kier molecular flexibility index (Phi) is 6.02. The molecule has 4 heterocycles. The fourth-order valence-corrected chi connectivity index (χ4v) is 4.74. The summed E-state index contributed by atoms with van der Waals surface area (Å²) in [6, 6.07) is 5.78. The van der Waals surface area contributed by atoms with Gasteiger partial charge in [-0.25, -0.2) is 9.97 Å². The molecule has 36 heavy (non-hydrogen) atoms. The Labute approximate surface area is 208 Å². The Morgan fingerprint density at radius 3 is 2.83 bits per heavy atom. The molecule has 0 saturated carbocycles. The average Bonchev–Trinajstić information content (AvgIpc) is 3.63. The standard InChI is InChI=1S/C27H27N7O2/c1-4-23(35)19-14-29-27(28)25-20(9-7-17-8-10-22-21(13-17)30-16-32(22)6-3)31-34(26(19)25)18-11-12-33(15-18)24(36)5-2/h5,8,10,13-14,16,18H,2,4,6,11-12,15H2,1,3H3,(H2,28,29)/t18-/m0/s1. The first kappa shape index (κ1) is 23.3. The molecule has 1 aliphatic heterocycles. The van der Waals surface area contributed by atoms with Crippen molar-refractivity contribution in [3.63, 3.8) is 0 Å². The maximum Gasteiger partial charge on any atom is 0.246 e. The van der Waals surface area contributed by atoms with Crippen LogP contribution in [0.4, 0.5) is 5.82 Å². The Hall–Kier alpha value is -4.45. The van der Waals surface area contributed by atoms with Gasteiger partial charge in [0, 0.05) is 37.8 Å². The van der Waals surface area contributed by atoms with Crippen molar-refractivity contribution in [3.05, 3.63) is 60.2 Å². The van der Waals surface area contributed by atoms with Gasteiger partial charge in [-0.1, -0.05) is 19.4 Å². The molecule has 9 heteroatoms. The van der Waals surface area contributed by atoms with Gasteiger partial charge in [0.1, 0.15) is 11.5 Å². The highest BCUT2D eigenvalue weighted by Crippen LogP contribution is 2.32. The molecule has 0 bridgehead atoms. The normalized spacial score (nSPS) is 15.3. The lowest BCUT2D eigenvalue weighted by atomic mass is 10.1. The second-order valence-electron chi connectivity index (χ2n) is 8.77. The van der Waals surface area contributed by atoms with Crippen LogP contribution in [0.3, 0.4) is 0 Å². The van der Waals surface area contributed by atoms with Crippen molar-refractivity contribution in [3.8, 4) is 11.8 Å². The molecule has 9 nitrogen and oxygen atoms in total. The van der Waals surface area contributed by atoms with Gasteiger partial charge in [0.2, 0.25) is 5.91 Å². The highest BCUT2D eigenvalue weighted by atomic mass is 16.2. The first-order chi connectivity index (χ1) is 17.4. The fraction of sp³-hybridized carbons (Fsp3) is 0.296. The Bertz CT molecular complexity index is 1580. The number of carbonyl (C=O) groups excluding carboxylic acids is 2. The molecular weight excluding hydrogens is 454 g/mol. The minimum atomic E-state index is -0.124. The zero-order valence-corrected chi connectivity index (χ0v) is 20.4. The van der Waals surface area contributed by atoms with Crippen LogP contribution in [-0.4, -0.2) is 54.0 Å². The molecule has 0 aliphatic carbocycles. The number of pyridine rings is 1. The van der Waals surface area contributed by atoms with Crippen LogP contribution in [0, 0.1) is 11.8 Å². The second kappa shape index (κ2) is 9.30. The van der Waals surface area contributed by atoms with Crippen LogP contribution >= 0.6 is 0 Å². The quantitative estimate of drug-likeness (QED) is 0.266. The van der Waals surface area contributed by atoms with E-state index in [-0.39, 0.29) is 23.6 Å². The number of Topliss-reactive ketones (excluding diaryl/α,β-unsaturated/α-hetero) is 1. The number of rotatable bonds is 5. The maximum atomic E-state index is 12.8. The van der Waals surface area contributed by atoms with Crippen LogP contribution < -0.4 is 5.73 Å². The molecule has 1 aliphatic rings. The number of nitrogens with two attached hydrogens (primary N) is 1. The first-order valence-electron chi connectivity index (χ1n) is 12.0. The number of anilines is 1. The van der Waals surface area contributed by atoms with Crippen molar-refractivity contribution in [2.24, 2.45) is 0 Å². The van der Waals surface area contributed by atoms with E-state index in [2.05, 4.69) is 39.9 Å². The molecule has 1 aromatic carbocycles. The van der Waals surface area contributed by atoms with Crippen LogP contribution in [0.25, 0.3) is 21.9 Å². The highest BCUT2D eigenvalue weighted by Gasteiger charge is 2.30. The molecule has 0 radical (unpaired) electrons. The number of amides is 1. The minimum Gasteiger partial charge on any atom is -0.383 e. The Balaban J connectivity index is 1.63. The number of nitrogen functional groups attached to an aromatic ring is 1. The molecule has 0 spiro atoms. The smallest absolute Gasteiger partial charge is 0.246 e.